The molecule has 0 aliphatic heterocycles. The number of rotatable bonds is 6. The van der Waals surface area contributed by atoms with Crippen LogP contribution in [0.15, 0.2) is 18.2 Å². The van der Waals surface area contributed by atoms with Crippen molar-refractivity contribution in [3.8, 4) is 0 Å². The van der Waals surface area contributed by atoms with Gasteiger partial charge in [-0.15, -0.1) is 0 Å². The summed E-state index contributed by atoms with van der Waals surface area (Å²) < 4.78 is 0. The topological polar surface area (TPSA) is 0 Å². The van der Waals surface area contributed by atoms with Gasteiger partial charge in [-0.1, -0.05) is 73.6 Å². The lowest BCUT2D eigenvalue weighted by atomic mass is 9.97. The molecule has 0 unspecified atom stereocenters. The second-order valence-electron chi connectivity index (χ2n) is 4.50. The summed E-state index contributed by atoms with van der Waals surface area (Å²) in [6.45, 7) is 4.43. The van der Waals surface area contributed by atoms with Gasteiger partial charge in [0.05, 0.1) is 15.1 Å². The summed E-state index contributed by atoms with van der Waals surface area (Å²) in [7, 11) is 0. The van der Waals surface area contributed by atoms with Gasteiger partial charge < -0.3 is 0 Å². The Morgan fingerprint density at radius 3 is 1.94 bits per heavy atom. The summed E-state index contributed by atoms with van der Waals surface area (Å²) in [5.74, 6) is 0.633. The molecule has 0 atom stereocenters. The van der Waals surface area contributed by atoms with Gasteiger partial charge in [-0.3, -0.25) is 0 Å². The third-order valence-corrected chi connectivity index (χ3v) is 4.08. The Morgan fingerprint density at radius 1 is 1.00 bits per heavy atom. The van der Waals surface area contributed by atoms with Crippen molar-refractivity contribution in [2.45, 2.75) is 39.5 Å². The van der Waals surface area contributed by atoms with Crippen LogP contribution in [0.5, 0.6) is 0 Å². The average Bonchev–Trinajstić information content (AvgIpc) is 2.33. The van der Waals surface area contributed by atoms with Crippen molar-refractivity contribution < 1.29 is 0 Å². The standard InChI is InChI=1S/C15H19Cl3/c1-3-5-11(6-4-2)7-8-12-9-13(16)15(18)14(17)10-12/h7-11H,3-6H2,1-2H3/b8-7+. The number of allylic oxidation sites excluding steroid dienone is 1. The molecule has 0 nitrogen and oxygen atoms in total. The Kier molecular flexibility index (Phi) is 7.14. The van der Waals surface area contributed by atoms with E-state index in [0.717, 1.165) is 5.56 Å². The minimum absolute atomic E-state index is 0.425. The van der Waals surface area contributed by atoms with Crippen molar-refractivity contribution in [2.75, 3.05) is 0 Å². The van der Waals surface area contributed by atoms with Gasteiger partial charge >= 0.3 is 0 Å². The molecule has 1 aromatic carbocycles. The van der Waals surface area contributed by atoms with Crippen molar-refractivity contribution in [2.24, 2.45) is 5.92 Å². The molecule has 0 radical (unpaired) electrons. The number of hydrogen-bond donors (Lipinski definition) is 0. The molecule has 0 amide bonds. The predicted octanol–water partition coefficient (Wildman–Crippen LogP) is 6.88. The lowest BCUT2D eigenvalue weighted by molar-refractivity contribution is 0.531. The zero-order valence-corrected chi connectivity index (χ0v) is 13.1. The van der Waals surface area contributed by atoms with Gasteiger partial charge in [0, 0.05) is 0 Å². The van der Waals surface area contributed by atoms with Gasteiger partial charge in [0.1, 0.15) is 0 Å². The van der Waals surface area contributed by atoms with E-state index in [1.54, 1.807) is 0 Å². The average molecular weight is 306 g/mol. The van der Waals surface area contributed by atoms with Crippen LogP contribution in [0.2, 0.25) is 15.1 Å². The van der Waals surface area contributed by atoms with Gasteiger partial charge in [0.15, 0.2) is 0 Å². The molecule has 0 bridgehead atoms. The molecule has 18 heavy (non-hydrogen) atoms. The molecule has 0 spiro atoms. The lowest BCUT2D eigenvalue weighted by Gasteiger charge is -2.09. The molecule has 0 N–H and O–H groups in total. The molecule has 0 saturated heterocycles. The first-order valence-corrected chi connectivity index (χ1v) is 7.54. The first kappa shape index (κ1) is 15.9. The van der Waals surface area contributed by atoms with Crippen LogP contribution in [0, 0.1) is 5.92 Å². The molecular weight excluding hydrogens is 287 g/mol. The van der Waals surface area contributed by atoms with Gasteiger partial charge in [-0.25, -0.2) is 0 Å². The molecule has 1 rings (SSSR count). The van der Waals surface area contributed by atoms with Crippen molar-refractivity contribution >= 4 is 40.9 Å². The van der Waals surface area contributed by atoms with E-state index in [1.165, 1.54) is 25.7 Å². The molecule has 0 saturated carbocycles. The maximum absolute atomic E-state index is 6.01. The molecule has 0 aromatic heterocycles. The maximum Gasteiger partial charge on any atom is 0.0778 e. The van der Waals surface area contributed by atoms with Crippen molar-refractivity contribution in [3.63, 3.8) is 0 Å². The first-order valence-electron chi connectivity index (χ1n) is 6.41. The summed E-state index contributed by atoms with van der Waals surface area (Å²) in [6, 6.07) is 3.70. The van der Waals surface area contributed by atoms with Crippen LogP contribution >= 0.6 is 34.8 Å². The van der Waals surface area contributed by atoms with E-state index in [9.17, 15) is 0 Å². The van der Waals surface area contributed by atoms with Crippen LogP contribution in [0.1, 0.15) is 45.1 Å². The number of benzene rings is 1. The Labute approximate surface area is 125 Å². The highest BCUT2D eigenvalue weighted by molar-refractivity contribution is 6.48. The van der Waals surface area contributed by atoms with Crippen molar-refractivity contribution in [3.05, 3.63) is 38.8 Å². The SMILES string of the molecule is CCCC(/C=C/c1cc(Cl)c(Cl)c(Cl)c1)CCC. The van der Waals surface area contributed by atoms with Gasteiger partial charge in [0.2, 0.25) is 0 Å². The van der Waals surface area contributed by atoms with Crippen molar-refractivity contribution in [1.29, 1.82) is 0 Å². The lowest BCUT2D eigenvalue weighted by Crippen LogP contribution is -1.94. The Morgan fingerprint density at radius 2 is 1.50 bits per heavy atom. The second kappa shape index (κ2) is 8.09. The first-order chi connectivity index (χ1) is 8.58. The molecule has 0 aliphatic rings. The summed E-state index contributed by atoms with van der Waals surface area (Å²) in [5, 5.41) is 1.44. The summed E-state index contributed by atoms with van der Waals surface area (Å²) in [5.41, 5.74) is 1.01. The quantitative estimate of drug-likeness (QED) is 0.503. The van der Waals surface area contributed by atoms with Gasteiger partial charge in [0.25, 0.3) is 0 Å². The highest BCUT2D eigenvalue weighted by atomic mass is 35.5. The van der Waals surface area contributed by atoms with Crippen LogP contribution in [0.25, 0.3) is 6.08 Å². The highest BCUT2D eigenvalue weighted by Crippen LogP contribution is 2.31. The van der Waals surface area contributed by atoms with E-state index in [4.69, 9.17) is 34.8 Å². The summed E-state index contributed by atoms with van der Waals surface area (Å²) in [6.07, 6.45) is 9.19. The predicted molar refractivity (Wildman–Crippen MR) is 83.8 cm³/mol. The molecule has 100 valence electrons. The van der Waals surface area contributed by atoms with Crippen LogP contribution in [0.4, 0.5) is 0 Å². The molecular formula is C15H19Cl3. The highest BCUT2D eigenvalue weighted by Gasteiger charge is 2.05. The molecule has 0 aliphatic carbocycles. The Balaban J connectivity index is 2.82. The molecule has 1 aromatic rings. The zero-order chi connectivity index (χ0) is 13.5. The zero-order valence-electron chi connectivity index (χ0n) is 10.8. The maximum atomic E-state index is 6.01. The van der Waals surface area contributed by atoms with E-state index in [1.807, 2.05) is 12.1 Å². The number of hydrogen-bond acceptors (Lipinski definition) is 0. The fraction of sp³-hybridized carbons (Fsp3) is 0.467. The second-order valence-corrected chi connectivity index (χ2v) is 5.69. The fourth-order valence-electron chi connectivity index (χ4n) is 2.00. The number of halogens is 3. The van der Waals surface area contributed by atoms with Gasteiger partial charge in [-0.05, 0) is 36.5 Å². The van der Waals surface area contributed by atoms with Crippen molar-refractivity contribution in [1.82, 2.24) is 0 Å². The van der Waals surface area contributed by atoms with Crippen LogP contribution in [-0.4, -0.2) is 0 Å². The van der Waals surface area contributed by atoms with Crippen LogP contribution in [0.3, 0.4) is 0 Å². The smallest absolute Gasteiger partial charge is 0.0778 e. The molecule has 0 fully saturated rings. The van der Waals surface area contributed by atoms with Gasteiger partial charge in [-0.2, -0.15) is 0 Å². The third-order valence-electron chi connectivity index (χ3n) is 2.89. The Bertz CT molecular complexity index is 381. The van der Waals surface area contributed by atoms with Crippen LogP contribution < -0.4 is 0 Å². The van der Waals surface area contributed by atoms with E-state index in [2.05, 4.69) is 26.0 Å². The fourth-order valence-corrected chi connectivity index (χ4v) is 2.61. The largest absolute Gasteiger partial charge is 0.0826 e. The molecule has 0 heterocycles. The Hall–Kier alpha value is -0.170. The van der Waals surface area contributed by atoms with E-state index >= 15 is 0 Å². The summed E-state index contributed by atoms with van der Waals surface area (Å²) >= 11 is 17.9. The molecule has 3 heteroatoms. The van der Waals surface area contributed by atoms with E-state index in [-0.39, 0.29) is 0 Å². The van der Waals surface area contributed by atoms with E-state index < -0.39 is 0 Å². The van der Waals surface area contributed by atoms with Crippen LogP contribution in [-0.2, 0) is 0 Å². The summed E-state index contributed by atoms with van der Waals surface area (Å²) in [4.78, 5) is 0. The third kappa shape index (κ3) is 4.84. The monoisotopic (exact) mass is 304 g/mol. The minimum Gasteiger partial charge on any atom is -0.0826 e. The minimum atomic E-state index is 0.425. The normalized spacial score (nSPS) is 11.7. The van der Waals surface area contributed by atoms with E-state index in [0.29, 0.717) is 21.0 Å².